The van der Waals surface area contributed by atoms with Crippen LogP contribution in [0.5, 0.6) is 0 Å². The maximum Gasteiger partial charge on any atom is 0.252 e. The van der Waals surface area contributed by atoms with Gasteiger partial charge in [0.2, 0.25) is 5.91 Å². The molecule has 232 valence electrons. The molecular weight excluding hydrogens is 576 g/mol. The van der Waals surface area contributed by atoms with Crippen molar-refractivity contribution in [1.29, 1.82) is 0 Å². The smallest absolute Gasteiger partial charge is 0.252 e. The summed E-state index contributed by atoms with van der Waals surface area (Å²) < 4.78 is 5.67. The molecule has 0 bridgehead atoms. The molecule has 0 spiro atoms. The van der Waals surface area contributed by atoms with Gasteiger partial charge in [0.1, 0.15) is 17.8 Å². The number of imidazole rings is 2. The highest BCUT2D eigenvalue weighted by atomic mass is 16.5. The lowest BCUT2D eigenvalue weighted by Gasteiger charge is -2.25. The minimum absolute atomic E-state index is 0.0466. The number of hydrogen-bond acceptors (Lipinski definition) is 5. The first-order valence-corrected chi connectivity index (χ1v) is 16.4. The predicted octanol–water partition coefficient (Wildman–Crippen LogP) is 5.59. The normalized spacial score (nSPS) is 21.3. The number of aromatic amines is 2. The molecule has 3 aromatic carbocycles. The zero-order valence-corrected chi connectivity index (χ0v) is 25.7. The van der Waals surface area contributed by atoms with Gasteiger partial charge in [-0.25, -0.2) is 9.97 Å². The van der Waals surface area contributed by atoms with Crippen LogP contribution in [-0.2, 0) is 20.7 Å². The highest BCUT2D eigenvalue weighted by Gasteiger charge is 2.37. The van der Waals surface area contributed by atoms with E-state index in [0.717, 1.165) is 102 Å². The van der Waals surface area contributed by atoms with Gasteiger partial charge in [0, 0.05) is 30.8 Å². The molecule has 46 heavy (non-hydrogen) atoms. The third kappa shape index (κ3) is 5.54. The van der Waals surface area contributed by atoms with E-state index in [9.17, 15) is 9.59 Å². The summed E-state index contributed by atoms with van der Waals surface area (Å²) >= 11 is 0. The van der Waals surface area contributed by atoms with E-state index in [2.05, 4.69) is 21.8 Å². The molecule has 2 N–H and O–H groups in total. The number of ether oxygens (including phenoxy) is 1. The van der Waals surface area contributed by atoms with Crippen LogP contribution < -0.4 is 0 Å². The quantitative estimate of drug-likeness (QED) is 0.252. The van der Waals surface area contributed by atoms with Crippen LogP contribution >= 0.6 is 0 Å². The fourth-order valence-electron chi connectivity index (χ4n) is 7.17. The Hall–Kier alpha value is -4.94. The molecule has 9 heteroatoms. The molecule has 8 rings (SSSR count). The van der Waals surface area contributed by atoms with Crippen molar-refractivity contribution >= 4 is 33.9 Å². The molecule has 9 nitrogen and oxygen atoms in total. The first-order chi connectivity index (χ1) is 22.6. The van der Waals surface area contributed by atoms with Crippen molar-refractivity contribution in [2.45, 2.75) is 63.1 Å². The van der Waals surface area contributed by atoms with Gasteiger partial charge in [-0.05, 0) is 80.5 Å². The molecule has 3 aliphatic rings. The summed E-state index contributed by atoms with van der Waals surface area (Å²) in [7, 11) is 0. The van der Waals surface area contributed by atoms with E-state index in [1.807, 2.05) is 76.5 Å². The van der Waals surface area contributed by atoms with E-state index >= 15 is 0 Å². The van der Waals surface area contributed by atoms with Crippen LogP contribution in [-0.4, -0.2) is 67.4 Å². The number of carbonyl (C=O) groups excluding carboxylic acids is 2. The van der Waals surface area contributed by atoms with Crippen molar-refractivity contribution in [3.63, 3.8) is 0 Å². The number of aromatic nitrogens is 4. The highest BCUT2D eigenvalue weighted by molar-refractivity contribution is 5.83. The number of rotatable bonds is 5. The van der Waals surface area contributed by atoms with Crippen LogP contribution in [0.15, 0.2) is 66.7 Å². The van der Waals surface area contributed by atoms with Crippen molar-refractivity contribution in [3.05, 3.63) is 95.1 Å². The van der Waals surface area contributed by atoms with E-state index < -0.39 is 0 Å². The summed E-state index contributed by atoms with van der Waals surface area (Å²) in [4.78, 5) is 46.8. The lowest BCUT2D eigenvalue weighted by Crippen LogP contribution is -2.38. The van der Waals surface area contributed by atoms with Crippen molar-refractivity contribution in [1.82, 2.24) is 29.7 Å². The highest BCUT2D eigenvalue weighted by Crippen LogP contribution is 2.34. The third-order valence-corrected chi connectivity index (χ3v) is 9.50. The van der Waals surface area contributed by atoms with Crippen LogP contribution in [0.2, 0.25) is 0 Å². The van der Waals surface area contributed by atoms with Crippen LogP contribution in [0.1, 0.15) is 78.9 Å². The van der Waals surface area contributed by atoms with Crippen molar-refractivity contribution in [2.24, 2.45) is 0 Å². The zero-order chi connectivity index (χ0) is 31.0. The van der Waals surface area contributed by atoms with Crippen LogP contribution in [0.4, 0.5) is 0 Å². The SMILES string of the molecule is O=C(Cc1ccccc1)N1CCC[C@H]1c1nc2ccc(C#Cc3ccc4nc([C@@H]5CCCN5C(=O)[C@H]5CCCO5)[nH]c4c3)cc2[nH]1. The average Bonchev–Trinajstić information content (AvgIpc) is 3.92. The Morgan fingerprint density at radius 3 is 1.98 bits per heavy atom. The molecule has 5 aromatic rings. The first-order valence-electron chi connectivity index (χ1n) is 16.4. The lowest BCUT2D eigenvalue weighted by atomic mass is 10.1. The maximum atomic E-state index is 13.2. The van der Waals surface area contributed by atoms with Gasteiger partial charge in [0.05, 0.1) is 40.6 Å². The zero-order valence-electron chi connectivity index (χ0n) is 25.7. The maximum absolute atomic E-state index is 13.2. The minimum Gasteiger partial charge on any atom is -0.368 e. The Kier molecular flexibility index (Phi) is 7.51. The van der Waals surface area contributed by atoms with Gasteiger partial charge in [-0.15, -0.1) is 0 Å². The number of likely N-dealkylation sites (tertiary alicyclic amines) is 2. The Morgan fingerprint density at radius 1 is 0.761 bits per heavy atom. The molecule has 3 aliphatic heterocycles. The van der Waals surface area contributed by atoms with Crippen molar-refractivity contribution in [3.8, 4) is 11.8 Å². The number of H-pyrrole nitrogens is 2. The number of carbonyl (C=O) groups is 2. The second kappa shape index (κ2) is 12.1. The van der Waals surface area contributed by atoms with Crippen molar-refractivity contribution in [2.75, 3.05) is 19.7 Å². The number of hydrogen-bond donors (Lipinski definition) is 2. The van der Waals surface area contributed by atoms with Gasteiger partial charge in [0.15, 0.2) is 0 Å². The Bertz CT molecular complexity index is 1980. The number of benzene rings is 3. The second-order valence-electron chi connectivity index (χ2n) is 12.6. The van der Waals surface area contributed by atoms with Gasteiger partial charge in [-0.1, -0.05) is 42.2 Å². The molecule has 2 amide bonds. The van der Waals surface area contributed by atoms with Gasteiger partial charge >= 0.3 is 0 Å². The number of nitrogens with zero attached hydrogens (tertiary/aromatic N) is 4. The molecule has 0 saturated carbocycles. The second-order valence-corrected chi connectivity index (χ2v) is 12.6. The van der Waals surface area contributed by atoms with E-state index in [1.54, 1.807) is 0 Å². The molecule has 5 heterocycles. The topological polar surface area (TPSA) is 107 Å². The molecule has 3 fully saturated rings. The van der Waals surface area contributed by atoms with Gasteiger partial charge < -0.3 is 24.5 Å². The summed E-state index contributed by atoms with van der Waals surface area (Å²) in [5, 5.41) is 0. The van der Waals surface area contributed by atoms with E-state index in [0.29, 0.717) is 13.0 Å². The molecule has 2 aromatic heterocycles. The van der Waals surface area contributed by atoms with Crippen LogP contribution in [0, 0.1) is 11.8 Å². The summed E-state index contributed by atoms with van der Waals surface area (Å²) in [5.41, 5.74) is 6.35. The van der Waals surface area contributed by atoms with Crippen LogP contribution in [0.25, 0.3) is 22.1 Å². The first kappa shape index (κ1) is 28.5. The average molecular weight is 613 g/mol. The van der Waals surface area contributed by atoms with Crippen molar-refractivity contribution < 1.29 is 14.3 Å². The molecule has 3 atom stereocenters. The molecule has 3 saturated heterocycles. The predicted molar refractivity (Wildman–Crippen MR) is 175 cm³/mol. The van der Waals surface area contributed by atoms with E-state index in [1.165, 1.54) is 0 Å². The summed E-state index contributed by atoms with van der Waals surface area (Å²) in [6.07, 6.45) is 5.55. The number of amides is 2. The largest absolute Gasteiger partial charge is 0.368 e. The van der Waals surface area contributed by atoms with E-state index in [-0.39, 0.29) is 30.0 Å². The van der Waals surface area contributed by atoms with Gasteiger partial charge in [0.25, 0.3) is 5.91 Å². The molecule has 0 unspecified atom stereocenters. The Morgan fingerprint density at radius 2 is 1.37 bits per heavy atom. The number of nitrogens with one attached hydrogen (secondary N) is 2. The van der Waals surface area contributed by atoms with Gasteiger partial charge in [-0.2, -0.15) is 0 Å². The minimum atomic E-state index is -0.314. The fourth-order valence-corrected chi connectivity index (χ4v) is 7.17. The van der Waals surface area contributed by atoms with Crippen LogP contribution in [0.3, 0.4) is 0 Å². The van der Waals surface area contributed by atoms with Gasteiger partial charge in [-0.3, -0.25) is 9.59 Å². The molecular formula is C37H36N6O3. The summed E-state index contributed by atoms with van der Waals surface area (Å²) in [5.74, 6) is 8.48. The monoisotopic (exact) mass is 612 g/mol. The standard InChI is InChI=1S/C37H36N6O3/c44-34(23-24-7-2-1-3-8-24)42-18-4-9-31(42)35-38-27-16-14-25(21-29(27)40-35)12-13-26-15-17-28-30(22-26)41-36(39-28)32-10-5-19-43(32)37(45)33-11-6-20-46-33/h1-3,7-8,14-17,21-22,31-33H,4-6,9-11,18-20,23H2,(H,38,40)(H,39,41)/t31-,32-,33+/m0/s1. The van der Waals surface area contributed by atoms with E-state index in [4.69, 9.17) is 14.7 Å². The summed E-state index contributed by atoms with van der Waals surface area (Å²) in [6, 6.07) is 21.8. The molecule has 0 radical (unpaired) electrons. The Balaban J connectivity index is 0.982. The third-order valence-electron chi connectivity index (χ3n) is 9.50. The Labute approximate surface area is 267 Å². The number of fused-ring (bicyclic) bond motifs is 2. The lowest BCUT2D eigenvalue weighted by molar-refractivity contribution is -0.142. The summed E-state index contributed by atoms with van der Waals surface area (Å²) in [6.45, 7) is 2.15. The fraction of sp³-hybridized carbons (Fsp3) is 0.351. The molecule has 0 aliphatic carbocycles.